The molecule has 124 valence electrons. The number of aliphatic hydroxyl groups is 1. The maximum atomic E-state index is 9.74. The summed E-state index contributed by atoms with van der Waals surface area (Å²) >= 11 is 1.15. The van der Waals surface area contributed by atoms with Gasteiger partial charge in [-0.2, -0.15) is 8.75 Å². The molecule has 7 heteroatoms. The molecular formula is C16H21N3O3S. The van der Waals surface area contributed by atoms with Gasteiger partial charge in [-0.05, 0) is 25.5 Å². The van der Waals surface area contributed by atoms with Crippen LogP contribution in [0.2, 0.25) is 0 Å². The molecule has 0 aliphatic carbocycles. The molecule has 2 aromatic rings. The van der Waals surface area contributed by atoms with Crippen LogP contribution in [-0.4, -0.2) is 58.2 Å². The topological polar surface area (TPSA) is 67.7 Å². The van der Waals surface area contributed by atoms with Crippen molar-refractivity contribution in [3.63, 3.8) is 0 Å². The molecule has 1 fully saturated rings. The smallest absolute Gasteiger partial charge is 0.132 e. The van der Waals surface area contributed by atoms with E-state index >= 15 is 0 Å². The summed E-state index contributed by atoms with van der Waals surface area (Å²) in [6, 6.07) is 3.59. The van der Waals surface area contributed by atoms with Crippen LogP contribution in [0.15, 0.2) is 18.7 Å². The molecule has 1 aromatic heterocycles. The Hall–Kier alpha value is -1.70. The van der Waals surface area contributed by atoms with E-state index in [1.165, 1.54) is 0 Å². The molecular weight excluding hydrogens is 314 g/mol. The fourth-order valence-electron chi connectivity index (χ4n) is 2.60. The number of hydrogen-bond donors (Lipinski definition) is 1. The monoisotopic (exact) mass is 335 g/mol. The fourth-order valence-corrected chi connectivity index (χ4v) is 3.11. The highest BCUT2D eigenvalue weighted by Gasteiger charge is 2.12. The molecule has 1 N–H and O–H groups in total. The maximum Gasteiger partial charge on any atom is 0.132 e. The van der Waals surface area contributed by atoms with Crippen molar-refractivity contribution in [3.05, 3.63) is 24.3 Å². The number of aromatic nitrogens is 2. The number of unbranched alkanes of at least 4 members (excludes halogenated alkanes) is 1. The molecule has 0 unspecified atom stereocenters. The number of nitrogens with zero attached hydrogens (tertiary/aromatic N) is 3. The average Bonchev–Trinajstić information content (AvgIpc) is 3.02. The van der Waals surface area contributed by atoms with Crippen molar-refractivity contribution in [1.82, 2.24) is 13.6 Å². The number of hydrogen-bond acceptors (Lipinski definition) is 7. The van der Waals surface area contributed by atoms with E-state index in [1.807, 2.05) is 6.07 Å². The Bertz CT molecular complexity index is 668. The summed E-state index contributed by atoms with van der Waals surface area (Å²) in [5, 5.41) is 9.74. The normalized spacial score (nSPS) is 15.8. The minimum atomic E-state index is -0.0109. The third kappa shape index (κ3) is 4.19. The molecule has 1 aromatic carbocycles. The standard InChI is InChI=1S/C16H21N3O3S/c1-12(20)13-10-14-15(18-23-17-14)11-16(13)22-7-3-2-4-19-5-8-21-9-6-19/h10-11,20H,1-9H2. The average molecular weight is 335 g/mol. The number of aliphatic hydroxyl groups excluding tert-OH is 1. The molecule has 0 atom stereocenters. The van der Waals surface area contributed by atoms with E-state index in [0.29, 0.717) is 17.9 Å². The Kier molecular flexibility index (Phi) is 5.43. The summed E-state index contributed by atoms with van der Waals surface area (Å²) in [5.41, 5.74) is 2.11. The quantitative estimate of drug-likeness (QED) is 0.620. The first-order valence-corrected chi connectivity index (χ1v) is 8.54. The largest absolute Gasteiger partial charge is 0.508 e. The second kappa shape index (κ2) is 7.72. The summed E-state index contributed by atoms with van der Waals surface area (Å²) in [5.74, 6) is 0.604. The van der Waals surface area contributed by atoms with Crippen molar-refractivity contribution in [2.24, 2.45) is 0 Å². The van der Waals surface area contributed by atoms with E-state index in [2.05, 4.69) is 20.2 Å². The zero-order valence-corrected chi connectivity index (χ0v) is 13.8. The zero-order valence-electron chi connectivity index (χ0n) is 13.0. The van der Waals surface area contributed by atoms with Crippen LogP contribution in [0.4, 0.5) is 0 Å². The fraction of sp³-hybridized carbons (Fsp3) is 0.500. The lowest BCUT2D eigenvalue weighted by molar-refractivity contribution is 0.0368. The molecule has 0 radical (unpaired) electrons. The predicted octanol–water partition coefficient (Wildman–Crippen LogP) is 2.71. The van der Waals surface area contributed by atoms with Crippen LogP contribution in [0, 0.1) is 0 Å². The van der Waals surface area contributed by atoms with Gasteiger partial charge in [-0.25, -0.2) is 0 Å². The van der Waals surface area contributed by atoms with Crippen LogP contribution in [0.3, 0.4) is 0 Å². The molecule has 1 aliphatic heterocycles. The number of fused-ring (bicyclic) bond motifs is 1. The van der Waals surface area contributed by atoms with Gasteiger partial charge in [0, 0.05) is 19.2 Å². The molecule has 2 heterocycles. The van der Waals surface area contributed by atoms with Crippen LogP contribution in [0.25, 0.3) is 16.8 Å². The van der Waals surface area contributed by atoms with Gasteiger partial charge in [0.2, 0.25) is 0 Å². The van der Waals surface area contributed by atoms with E-state index in [1.54, 1.807) is 6.07 Å². The van der Waals surface area contributed by atoms with E-state index < -0.39 is 0 Å². The molecule has 0 amide bonds. The first kappa shape index (κ1) is 16.2. The Balaban J connectivity index is 1.51. The van der Waals surface area contributed by atoms with Crippen LogP contribution in [0.5, 0.6) is 5.75 Å². The summed E-state index contributed by atoms with van der Waals surface area (Å²) in [6.07, 6.45) is 2.04. The van der Waals surface area contributed by atoms with Crippen molar-refractivity contribution in [2.45, 2.75) is 12.8 Å². The lowest BCUT2D eigenvalue weighted by Gasteiger charge is -2.26. The summed E-state index contributed by atoms with van der Waals surface area (Å²) in [4.78, 5) is 2.41. The zero-order chi connectivity index (χ0) is 16.1. The summed E-state index contributed by atoms with van der Waals surface area (Å²) < 4.78 is 19.6. The maximum absolute atomic E-state index is 9.74. The number of benzene rings is 1. The Morgan fingerprint density at radius 1 is 1.26 bits per heavy atom. The molecule has 0 saturated carbocycles. The van der Waals surface area contributed by atoms with E-state index in [-0.39, 0.29) is 5.76 Å². The number of morpholine rings is 1. The molecule has 1 aliphatic rings. The minimum Gasteiger partial charge on any atom is -0.508 e. The lowest BCUT2D eigenvalue weighted by Crippen LogP contribution is -2.36. The highest BCUT2D eigenvalue weighted by Crippen LogP contribution is 2.29. The van der Waals surface area contributed by atoms with E-state index in [9.17, 15) is 5.11 Å². The molecule has 3 rings (SSSR count). The van der Waals surface area contributed by atoms with Crippen molar-refractivity contribution in [1.29, 1.82) is 0 Å². The Morgan fingerprint density at radius 2 is 2.00 bits per heavy atom. The van der Waals surface area contributed by atoms with Gasteiger partial charge in [-0.15, -0.1) is 0 Å². The van der Waals surface area contributed by atoms with Gasteiger partial charge in [0.1, 0.15) is 22.5 Å². The SMILES string of the molecule is C=C(O)c1cc2nsnc2cc1OCCCCN1CCOCC1. The Morgan fingerprint density at radius 3 is 2.74 bits per heavy atom. The van der Waals surface area contributed by atoms with Gasteiger partial charge in [-0.1, -0.05) is 6.58 Å². The second-order valence-electron chi connectivity index (χ2n) is 5.56. The van der Waals surface area contributed by atoms with Crippen LogP contribution < -0.4 is 4.74 Å². The molecule has 0 spiro atoms. The number of rotatable bonds is 7. The molecule has 0 bridgehead atoms. The third-order valence-corrected chi connectivity index (χ3v) is 4.45. The summed E-state index contributed by atoms with van der Waals surface area (Å²) in [6.45, 7) is 8.97. The molecule has 1 saturated heterocycles. The molecule has 23 heavy (non-hydrogen) atoms. The van der Waals surface area contributed by atoms with Crippen molar-refractivity contribution >= 4 is 28.5 Å². The summed E-state index contributed by atoms with van der Waals surface area (Å²) in [7, 11) is 0. The molecule has 6 nitrogen and oxygen atoms in total. The van der Waals surface area contributed by atoms with Crippen molar-refractivity contribution < 1.29 is 14.6 Å². The van der Waals surface area contributed by atoms with Gasteiger partial charge in [0.05, 0.1) is 37.1 Å². The van der Waals surface area contributed by atoms with Gasteiger partial charge >= 0.3 is 0 Å². The van der Waals surface area contributed by atoms with Crippen LogP contribution in [-0.2, 0) is 4.74 Å². The van der Waals surface area contributed by atoms with Crippen LogP contribution >= 0.6 is 11.7 Å². The second-order valence-corrected chi connectivity index (χ2v) is 6.09. The predicted molar refractivity (Wildman–Crippen MR) is 91.1 cm³/mol. The minimum absolute atomic E-state index is 0.0109. The van der Waals surface area contributed by atoms with Gasteiger partial charge in [0.15, 0.2) is 0 Å². The first-order chi connectivity index (χ1) is 11.2. The van der Waals surface area contributed by atoms with E-state index in [0.717, 1.165) is 68.5 Å². The third-order valence-electron chi connectivity index (χ3n) is 3.90. The van der Waals surface area contributed by atoms with Crippen LogP contribution in [0.1, 0.15) is 18.4 Å². The van der Waals surface area contributed by atoms with Crippen molar-refractivity contribution in [2.75, 3.05) is 39.5 Å². The number of ether oxygens (including phenoxy) is 2. The van der Waals surface area contributed by atoms with Gasteiger partial charge in [-0.3, -0.25) is 4.90 Å². The van der Waals surface area contributed by atoms with Crippen molar-refractivity contribution in [3.8, 4) is 5.75 Å². The van der Waals surface area contributed by atoms with Gasteiger partial charge in [0.25, 0.3) is 0 Å². The highest BCUT2D eigenvalue weighted by molar-refractivity contribution is 7.00. The Labute approximate surface area is 139 Å². The highest BCUT2D eigenvalue weighted by atomic mass is 32.1. The van der Waals surface area contributed by atoms with Gasteiger partial charge < -0.3 is 14.6 Å². The lowest BCUT2D eigenvalue weighted by atomic mass is 10.1. The van der Waals surface area contributed by atoms with E-state index in [4.69, 9.17) is 9.47 Å². The first-order valence-electron chi connectivity index (χ1n) is 7.81.